The number of nitrogens with two attached hydrogens (primary N) is 1. The molecule has 0 aliphatic carbocycles. The first kappa shape index (κ1) is 14.2. The van der Waals surface area contributed by atoms with Crippen molar-refractivity contribution >= 4 is 15.9 Å². The highest BCUT2D eigenvalue weighted by molar-refractivity contribution is 9.10. The number of aromatic nitrogens is 3. The van der Waals surface area contributed by atoms with E-state index in [1.165, 1.54) is 5.56 Å². The zero-order valence-corrected chi connectivity index (χ0v) is 12.5. The maximum atomic E-state index is 5.47. The van der Waals surface area contributed by atoms with Gasteiger partial charge < -0.3 is 5.73 Å². The maximum absolute atomic E-state index is 5.47. The molecule has 0 fully saturated rings. The van der Waals surface area contributed by atoms with Gasteiger partial charge in [0.2, 0.25) is 0 Å². The van der Waals surface area contributed by atoms with E-state index in [0.29, 0.717) is 0 Å². The predicted molar refractivity (Wildman–Crippen MR) is 79.9 cm³/mol. The second-order valence-electron chi connectivity index (χ2n) is 4.60. The Morgan fingerprint density at radius 2 is 1.89 bits per heavy atom. The van der Waals surface area contributed by atoms with E-state index in [9.17, 15) is 0 Å². The smallest absolute Gasteiger partial charge is 0.150 e. The average Bonchev–Trinajstić information content (AvgIpc) is 2.85. The lowest BCUT2D eigenvalue weighted by molar-refractivity contribution is 0.670. The minimum Gasteiger partial charge on any atom is -0.330 e. The molecule has 5 heteroatoms. The van der Waals surface area contributed by atoms with Crippen molar-refractivity contribution < 1.29 is 0 Å². The molecule has 0 aliphatic rings. The quantitative estimate of drug-likeness (QED) is 0.770. The molecule has 0 saturated heterocycles. The lowest BCUT2D eigenvalue weighted by atomic mass is 10.1. The van der Waals surface area contributed by atoms with Gasteiger partial charge in [0.1, 0.15) is 5.82 Å². The molecule has 0 amide bonds. The van der Waals surface area contributed by atoms with Crippen molar-refractivity contribution in [2.24, 2.45) is 5.73 Å². The summed E-state index contributed by atoms with van der Waals surface area (Å²) >= 11 is 3.43. The van der Waals surface area contributed by atoms with Crippen LogP contribution in [0.1, 0.15) is 36.5 Å². The molecule has 0 aliphatic heterocycles. The van der Waals surface area contributed by atoms with Crippen LogP contribution in [0.25, 0.3) is 0 Å². The van der Waals surface area contributed by atoms with E-state index in [1.54, 1.807) is 0 Å². The van der Waals surface area contributed by atoms with E-state index in [0.717, 1.165) is 54.8 Å². The first-order valence-electron chi connectivity index (χ1n) is 6.62. The van der Waals surface area contributed by atoms with Gasteiger partial charge in [0.15, 0.2) is 5.82 Å². The highest BCUT2D eigenvalue weighted by Gasteiger charge is 2.04. The molecule has 0 unspecified atom stereocenters. The largest absolute Gasteiger partial charge is 0.330 e. The van der Waals surface area contributed by atoms with Gasteiger partial charge in [-0.25, -0.2) is 4.98 Å². The standard InChI is InChI=1S/C14H19BrN4/c15-12-7-5-11(6-8-12)10-14-17-13(18-19-14)4-2-1-3-9-16/h5-8H,1-4,9-10,16H2,(H,17,18,19). The van der Waals surface area contributed by atoms with Crippen LogP contribution in [0, 0.1) is 0 Å². The Labute approximate surface area is 122 Å². The number of nitrogens with zero attached hydrogens (tertiary/aromatic N) is 2. The van der Waals surface area contributed by atoms with Crippen molar-refractivity contribution in [2.75, 3.05) is 6.54 Å². The molecule has 0 spiro atoms. The summed E-state index contributed by atoms with van der Waals surface area (Å²) in [7, 11) is 0. The second kappa shape index (κ2) is 7.40. The van der Waals surface area contributed by atoms with Gasteiger partial charge in [-0.2, -0.15) is 5.10 Å². The monoisotopic (exact) mass is 322 g/mol. The summed E-state index contributed by atoms with van der Waals surface area (Å²) in [5.74, 6) is 1.83. The molecule has 19 heavy (non-hydrogen) atoms. The normalized spacial score (nSPS) is 10.8. The van der Waals surface area contributed by atoms with Crippen molar-refractivity contribution in [3.8, 4) is 0 Å². The number of halogens is 1. The SMILES string of the molecule is NCCCCCc1n[nH]c(Cc2ccc(Br)cc2)n1. The second-order valence-corrected chi connectivity index (χ2v) is 5.52. The number of hydrogen-bond donors (Lipinski definition) is 2. The van der Waals surface area contributed by atoms with Gasteiger partial charge in [-0.05, 0) is 37.1 Å². The summed E-state index contributed by atoms with van der Waals surface area (Å²) in [6.07, 6.45) is 5.05. The molecule has 2 rings (SSSR count). The van der Waals surface area contributed by atoms with Crippen LogP contribution in [0.3, 0.4) is 0 Å². The van der Waals surface area contributed by atoms with Crippen LogP contribution in [0.2, 0.25) is 0 Å². The van der Waals surface area contributed by atoms with E-state index in [2.05, 4.69) is 43.2 Å². The van der Waals surface area contributed by atoms with Crippen LogP contribution in [0.5, 0.6) is 0 Å². The number of benzene rings is 1. The number of H-pyrrole nitrogens is 1. The summed E-state index contributed by atoms with van der Waals surface area (Å²) in [5, 5.41) is 7.26. The first-order chi connectivity index (χ1) is 9.28. The molecule has 4 nitrogen and oxygen atoms in total. The van der Waals surface area contributed by atoms with E-state index in [4.69, 9.17) is 5.73 Å². The van der Waals surface area contributed by atoms with Gasteiger partial charge in [-0.1, -0.05) is 34.5 Å². The fourth-order valence-electron chi connectivity index (χ4n) is 1.93. The van der Waals surface area contributed by atoms with Gasteiger partial charge in [0.05, 0.1) is 0 Å². The predicted octanol–water partition coefficient (Wildman–Crippen LogP) is 2.83. The van der Waals surface area contributed by atoms with Crippen molar-refractivity contribution in [1.29, 1.82) is 0 Å². The summed E-state index contributed by atoms with van der Waals surface area (Å²) in [4.78, 5) is 4.52. The molecular weight excluding hydrogens is 304 g/mol. The number of aryl methyl sites for hydroxylation is 1. The van der Waals surface area contributed by atoms with E-state index in [-0.39, 0.29) is 0 Å². The van der Waals surface area contributed by atoms with Crippen molar-refractivity contribution in [3.05, 3.63) is 46.0 Å². The molecule has 0 atom stereocenters. The molecule has 3 N–H and O–H groups in total. The third kappa shape index (κ3) is 4.76. The Morgan fingerprint density at radius 3 is 2.63 bits per heavy atom. The van der Waals surface area contributed by atoms with Gasteiger partial charge in [0.25, 0.3) is 0 Å². The highest BCUT2D eigenvalue weighted by Crippen LogP contribution is 2.12. The minimum atomic E-state index is 0.767. The lowest BCUT2D eigenvalue weighted by Crippen LogP contribution is -1.98. The third-order valence-corrected chi connectivity index (χ3v) is 3.50. The van der Waals surface area contributed by atoms with E-state index < -0.39 is 0 Å². The number of hydrogen-bond acceptors (Lipinski definition) is 3. The molecule has 1 heterocycles. The number of aromatic amines is 1. The average molecular weight is 323 g/mol. The maximum Gasteiger partial charge on any atom is 0.150 e. The van der Waals surface area contributed by atoms with Crippen LogP contribution in [-0.4, -0.2) is 21.7 Å². The van der Waals surface area contributed by atoms with Gasteiger partial charge in [-0.15, -0.1) is 0 Å². The number of rotatable bonds is 7. The van der Waals surface area contributed by atoms with Crippen molar-refractivity contribution in [2.45, 2.75) is 32.1 Å². The zero-order valence-electron chi connectivity index (χ0n) is 10.9. The van der Waals surface area contributed by atoms with Gasteiger partial charge >= 0.3 is 0 Å². The Morgan fingerprint density at radius 1 is 1.11 bits per heavy atom. The molecule has 1 aromatic heterocycles. The highest BCUT2D eigenvalue weighted by atomic mass is 79.9. The van der Waals surface area contributed by atoms with E-state index in [1.807, 2.05) is 12.1 Å². The Bertz CT molecular complexity index is 492. The molecule has 2 aromatic rings. The van der Waals surface area contributed by atoms with Crippen LogP contribution in [0.15, 0.2) is 28.7 Å². The van der Waals surface area contributed by atoms with Crippen LogP contribution in [-0.2, 0) is 12.8 Å². The third-order valence-electron chi connectivity index (χ3n) is 2.97. The summed E-state index contributed by atoms with van der Waals surface area (Å²) in [6, 6.07) is 8.26. The van der Waals surface area contributed by atoms with Gasteiger partial charge in [-0.3, -0.25) is 5.10 Å². The van der Waals surface area contributed by atoms with Crippen LogP contribution in [0.4, 0.5) is 0 Å². The summed E-state index contributed by atoms with van der Waals surface area (Å²) in [6.45, 7) is 0.767. The zero-order chi connectivity index (χ0) is 13.5. The van der Waals surface area contributed by atoms with Gasteiger partial charge in [0, 0.05) is 17.3 Å². The Hall–Kier alpha value is -1.20. The number of unbranched alkanes of at least 4 members (excludes halogenated alkanes) is 2. The molecule has 0 radical (unpaired) electrons. The van der Waals surface area contributed by atoms with Crippen LogP contribution >= 0.6 is 15.9 Å². The molecule has 102 valence electrons. The fourth-order valence-corrected chi connectivity index (χ4v) is 2.19. The minimum absolute atomic E-state index is 0.767. The number of nitrogens with one attached hydrogen (secondary N) is 1. The lowest BCUT2D eigenvalue weighted by Gasteiger charge is -1.97. The molecule has 1 aromatic carbocycles. The summed E-state index contributed by atoms with van der Waals surface area (Å²) in [5.41, 5.74) is 6.70. The van der Waals surface area contributed by atoms with Crippen LogP contribution < -0.4 is 5.73 Å². The fraction of sp³-hybridized carbons (Fsp3) is 0.429. The topological polar surface area (TPSA) is 67.6 Å². The first-order valence-corrected chi connectivity index (χ1v) is 7.42. The van der Waals surface area contributed by atoms with Crippen molar-refractivity contribution in [3.63, 3.8) is 0 Å². The Kier molecular flexibility index (Phi) is 5.54. The molecule has 0 saturated carbocycles. The molecule has 0 bridgehead atoms. The van der Waals surface area contributed by atoms with Crippen molar-refractivity contribution in [1.82, 2.24) is 15.2 Å². The Balaban J connectivity index is 1.85. The summed E-state index contributed by atoms with van der Waals surface area (Å²) < 4.78 is 1.09. The van der Waals surface area contributed by atoms with E-state index >= 15 is 0 Å². The molecular formula is C14H19BrN4.